The summed E-state index contributed by atoms with van der Waals surface area (Å²) in [5, 5.41) is 0. The second-order valence-electron chi connectivity index (χ2n) is 1.80. The fraction of sp³-hybridized carbons (Fsp3) is 0.429. The van der Waals surface area contributed by atoms with Gasteiger partial charge in [0.05, 0.1) is 11.4 Å². The van der Waals surface area contributed by atoms with Crippen molar-refractivity contribution in [2.45, 2.75) is 21.3 Å². The molecular formula is C7H12N2. The van der Waals surface area contributed by atoms with Crippen molar-refractivity contribution in [3.8, 4) is 0 Å². The smallest absolute Gasteiger partial charge is 0.0558 e. The molecule has 0 unspecified atom stereocenters. The molecule has 9 heavy (non-hydrogen) atoms. The normalized spacial score (nSPS) is 8.22. The molecule has 0 amide bonds. The number of nitrogens with zero attached hydrogens (tertiary/aromatic N) is 2. The molecule has 0 aromatic carbocycles. The summed E-state index contributed by atoms with van der Waals surface area (Å²) in [7, 11) is 0. The van der Waals surface area contributed by atoms with E-state index in [1.54, 1.807) is 12.4 Å². The highest BCUT2D eigenvalue weighted by Gasteiger charge is 1.83. The van der Waals surface area contributed by atoms with Crippen LogP contribution < -0.4 is 0 Å². The SMILES string of the molecule is C.Cc1cncc(C)n1. The highest BCUT2D eigenvalue weighted by Crippen LogP contribution is 1.89. The molecule has 0 aliphatic heterocycles. The minimum absolute atomic E-state index is 0. The predicted octanol–water partition coefficient (Wildman–Crippen LogP) is 1.73. The molecule has 2 nitrogen and oxygen atoms in total. The molecule has 0 fully saturated rings. The van der Waals surface area contributed by atoms with Crippen molar-refractivity contribution in [2.24, 2.45) is 0 Å². The number of rotatable bonds is 0. The molecule has 0 saturated carbocycles. The van der Waals surface area contributed by atoms with E-state index >= 15 is 0 Å². The zero-order chi connectivity index (χ0) is 5.98. The van der Waals surface area contributed by atoms with Crippen molar-refractivity contribution in [1.29, 1.82) is 0 Å². The van der Waals surface area contributed by atoms with Gasteiger partial charge in [0.2, 0.25) is 0 Å². The molecule has 1 aromatic heterocycles. The van der Waals surface area contributed by atoms with E-state index in [1.807, 2.05) is 13.8 Å². The molecule has 2 heteroatoms. The van der Waals surface area contributed by atoms with Crippen LogP contribution in [-0.4, -0.2) is 9.97 Å². The molecule has 1 rings (SSSR count). The lowest BCUT2D eigenvalue weighted by molar-refractivity contribution is 1.05. The van der Waals surface area contributed by atoms with Gasteiger partial charge in [-0.1, -0.05) is 7.43 Å². The van der Waals surface area contributed by atoms with Gasteiger partial charge in [-0.2, -0.15) is 0 Å². The van der Waals surface area contributed by atoms with Crippen LogP contribution in [0.2, 0.25) is 0 Å². The maximum absolute atomic E-state index is 4.11. The third kappa shape index (κ3) is 2.22. The van der Waals surface area contributed by atoms with Gasteiger partial charge in [-0.15, -0.1) is 0 Å². The lowest BCUT2D eigenvalue weighted by Gasteiger charge is -1.89. The third-order valence-electron chi connectivity index (χ3n) is 0.875. The van der Waals surface area contributed by atoms with E-state index in [4.69, 9.17) is 0 Å². The van der Waals surface area contributed by atoms with Crippen LogP contribution in [0.3, 0.4) is 0 Å². The molecule has 1 heterocycles. The van der Waals surface area contributed by atoms with E-state index in [0.29, 0.717) is 0 Å². The third-order valence-corrected chi connectivity index (χ3v) is 0.875. The Morgan fingerprint density at radius 3 is 1.78 bits per heavy atom. The summed E-state index contributed by atoms with van der Waals surface area (Å²) in [6.45, 7) is 3.86. The van der Waals surface area contributed by atoms with E-state index in [9.17, 15) is 0 Å². The number of hydrogen-bond acceptors (Lipinski definition) is 2. The Balaban J connectivity index is 0.000000640. The van der Waals surface area contributed by atoms with Crippen LogP contribution in [0.1, 0.15) is 18.8 Å². The van der Waals surface area contributed by atoms with Crippen LogP contribution in [0.25, 0.3) is 0 Å². The zero-order valence-corrected chi connectivity index (χ0v) is 5.05. The average Bonchev–Trinajstić information content (AvgIpc) is 1.64. The lowest BCUT2D eigenvalue weighted by Crippen LogP contribution is -1.85. The fourth-order valence-corrected chi connectivity index (χ4v) is 0.589. The summed E-state index contributed by atoms with van der Waals surface area (Å²) in [5.74, 6) is 0. The first-order valence-electron chi connectivity index (χ1n) is 2.54. The summed E-state index contributed by atoms with van der Waals surface area (Å²) < 4.78 is 0. The van der Waals surface area contributed by atoms with Gasteiger partial charge < -0.3 is 0 Å². The van der Waals surface area contributed by atoms with Gasteiger partial charge in [0, 0.05) is 12.4 Å². The van der Waals surface area contributed by atoms with Gasteiger partial charge in [-0.3, -0.25) is 9.97 Å². The monoisotopic (exact) mass is 124 g/mol. The first-order valence-corrected chi connectivity index (χ1v) is 2.54. The van der Waals surface area contributed by atoms with Crippen LogP contribution >= 0.6 is 0 Å². The van der Waals surface area contributed by atoms with Crippen LogP contribution in [-0.2, 0) is 0 Å². The van der Waals surface area contributed by atoms with Crippen molar-refractivity contribution in [1.82, 2.24) is 9.97 Å². The Bertz CT molecular complexity index is 167. The summed E-state index contributed by atoms with van der Waals surface area (Å²) in [5.41, 5.74) is 1.95. The average molecular weight is 124 g/mol. The van der Waals surface area contributed by atoms with Crippen LogP contribution in [0.5, 0.6) is 0 Å². The molecule has 0 aliphatic carbocycles. The molecule has 0 radical (unpaired) electrons. The molecule has 50 valence electrons. The Hall–Kier alpha value is -0.920. The molecule has 0 N–H and O–H groups in total. The van der Waals surface area contributed by atoms with Crippen LogP contribution in [0, 0.1) is 13.8 Å². The quantitative estimate of drug-likeness (QED) is 0.526. The second kappa shape index (κ2) is 3.17. The first-order chi connectivity index (χ1) is 3.79. The van der Waals surface area contributed by atoms with E-state index in [0.717, 1.165) is 11.4 Å². The Kier molecular flexibility index (Phi) is 2.85. The maximum atomic E-state index is 4.11. The predicted molar refractivity (Wildman–Crippen MR) is 38.2 cm³/mol. The van der Waals surface area contributed by atoms with Crippen LogP contribution in [0.4, 0.5) is 0 Å². The van der Waals surface area contributed by atoms with Gasteiger partial charge in [0.15, 0.2) is 0 Å². The molecule has 0 spiro atoms. The maximum Gasteiger partial charge on any atom is 0.0558 e. The van der Waals surface area contributed by atoms with Crippen molar-refractivity contribution in [2.75, 3.05) is 0 Å². The summed E-state index contributed by atoms with van der Waals surface area (Å²) in [6.07, 6.45) is 3.49. The van der Waals surface area contributed by atoms with Gasteiger partial charge in [0.25, 0.3) is 0 Å². The van der Waals surface area contributed by atoms with E-state index in [1.165, 1.54) is 0 Å². The molecule has 0 bridgehead atoms. The lowest BCUT2D eigenvalue weighted by atomic mass is 10.4. The summed E-state index contributed by atoms with van der Waals surface area (Å²) >= 11 is 0. The van der Waals surface area contributed by atoms with Gasteiger partial charge in [0.1, 0.15) is 0 Å². The van der Waals surface area contributed by atoms with Gasteiger partial charge in [-0.05, 0) is 13.8 Å². The zero-order valence-electron chi connectivity index (χ0n) is 5.05. The summed E-state index contributed by atoms with van der Waals surface area (Å²) in [4.78, 5) is 8.03. The minimum atomic E-state index is 0. The molecule has 0 saturated heterocycles. The largest absolute Gasteiger partial charge is 0.261 e. The van der Waals surface area contributed by atoms with E-state index in [-0.39, 0.29) is 7.43 Å². The first kappa shape index (κ1) is 8.08. The molecule has 0 aliphatic rings. The van der Waals surface area contributed by atoms with Crippen molar-refractivity contribution >= 4 is 0 Å². The Morgan fingerprint density at radius 1 is 1.11 bits per heavy atom. The number of aromatic nitrogens is 2. The van der Waals surface area contributed by atoms with E-state index in [2.05, 4.69) is 9.97 Å². The van der Waals surface area contributed by atoms with Crippen molar-refractivity contribution < 1.29 is 0 Å². The van der Waals surface area contributed by atoms with Crippen LogP contribution in [0.15, 0.2) is 12.4 Å². The van der Waals surface area contributed by atoms with Gasteiger partial charge in [-0.25, -0.2) is 0 Å². The highest BCUT2D eigenvalue weighted by atomic mass is 14.8. The Labute approximate surface area is 56.0 Å². The number of aryl methyl sites for hydroxylation is 2. The van der Waals surface area contributed by atoms with Crippen molar-refractivity contribution in [3.05, 3.63) is 23.8 Å². The Morgan fingerprint density at radius 2 is 1.56 bits per heavy atom. The number of hydrogen-bond donors (Lipinski definition) is 0. The fourth-order valence-electron chi connectivity index (χ4n) is 0.589. The van der Waals surface area contributed by atoms with Gasteiger partial charge >= 0.3 is 0 Å². The molecule has 1 aromatic rings. The standard InChI is InChI=1S/C6H8N2.CH4/c1-5-3-7-4-6(2)8-5;/h3-4H,1-2H3;1H4. The van der Waals surface area contributed by atoms with Crippen molar-refractivity contribution in [3.63, 3.8) is 0 Å². The highest BCUT2D eigenvalue weighted by molar-refractivity contribution is 4.98. The summed E-state index contributed by atoms with van der Waals surface area (Å²) in [6, 6.07) is 0. The van der Waals surface area contributed by atoms with E-state index < -0.39 is 0 Å². The molecule has 0 atom stereocenters. The topological polar surface area (TPSA) is 25.8 Å². The second-order valence-corrected chi connectivity index (χ2v) is 1.80. The minimum Gasteiger partial charge on any atom is -0.261 e. The molecular weight excluding hydrogens is 112 g/mol.